The van der Waals surface area contributed by atoms with Gasteiger partial charge in [0.15, 0.2) is 5.69 Å². The van der Waals surface area contributed by atoms with E-state index in [0.717, 1.165) is 134 Å². The van der Waals surface area contributed by atoms with Crippen LogP contribution in [0.5, 0.6) is 0 Å². The van der Waals surface area contributed by atoms with E-state index in [1.807, 2.05) is 162 Å². The summed E-state index contributed by atoms with van der Waals surface area (Å²) in [6.45, 7) is 1.46. The molecule has 29 nitrogen and oxygen atoms in total. The molecule has 20 aromatic heterocycles. The summed E-state index contributed by atoms with van der Waals surface area (Å²) >= 11 is 1.68. The molecule has 0 radical (unpaired) electrons. The number of imidazole rings is 8. The van der Waals surface area contributed by atoms with Crippen molar-refractivity contribution in [3.63, 3.8) is 0 Å². The van der Waals surface area contributed by atoms with E-state index in [-0.39, 0.29) is 0 Å². The van der Waals surface area contributed by atoms with Gasteiger partial charge in [-0.2, -0.15) is 56.5 Å². The number of benzene rings is 1. The number of aromatic nitrogens is 28. The highest BCUT2D eigenvalue weighted by Gasteiger charge is 2.41. The van der Waals surface area contributed by atoms with Crippen molar-refractivity contribution in [2.45, 2.75) is 32.7 Å². The lowest BCUT2D eigenvalue weighted by Gasteiger charge is -2.01. The molecule has 30 heteroatoms. The smallest absolute Gasteiger partial charge is 0.356 e. The van der Waals surface area contributed by atoms with Crippen molar-refractivity contribution in [2.24, 2.45) is 14.0 Å². The number of oxazole rings is 1. The summed E-state index contributed by atoms with van der Waals surface area (Å²) in [5.41, 5.74) is 19.4. The minimum absolute atomic E-state index is 0.398. The van der Waals surface area contributed by atoms with E-state index in [9.17, 15) is 0 Å². The molecule has 5 aliphatic rings. The van der Waals surface area contributed by atoms with Crippen molar-refractivity contribution < 1.29 is 31.4 Å². The van der Waals surface area contributed by atoms with Crippen LogP contribution in [-0.4, -0.2) is 110 Å². The van der Waals surface area contributed by atoms with E-state index >= 15 is 0 Å². The number of thiazole rings is 1. The van der Waals surface area contributed by atoms with Gasteiger partial charge in [-0.1, -0.05) is 59.9 Å². The predicted octanol–water partition coefficient (Wildman–Crippen LogP) is 7.09. The van der Waals surface area contributed by atoms with Crippen molar-refractivity contribution in [3.8, 4) is 62.5 Å². The fourth-order valence-corrected chi connectivity index (χ4v) is 16.2. The molecule has 0 amide bonds. The SMILES string of the molecule is Cn1c2[n+](c3c1nc1ncccn13)Cc1cccnc1-2.[2H]C([2H])([2H])n1c2[n+](c3c1nc1ncccn13)Cc1cccnc1-2.c1ccc(-n2c3[n+](c4c2nc2ncccn24)Cc2cccnc2-3)cc1.c1cnc2c(c1)C[n+]1c-2oc2nc3ncccn3c21.c1cnc2c(c1)C[n+]1c-2sc2nc3ncccn3c21. The number of para-hydroxylation sites is 1. The Morgan fingerprint density at radius 1 is 0.359 bits per heavy atom. The topological polar surface area (TPSA) is 263 Å². The minimum atomic E-state index is -2.35. The molecule has 21 aromatic rings. The quantitative estimate of drug-likeness (QED) is 0.149. The molecule has 0 bridgehead atoms. The summed E-state index contributed by atoms with van der Waals surface area (Å²) in [4.78, 5) is 67.7. The molecule has 0 saturated heterocycles. The summed E-state index contributed by atoms with van der Waals surface area (Å²) in [7, 11) is 2.03. The largest absolute Gasteiger partial charge is 0.394 e. The molecule has 0 unspecified atom stereocenters. The van der Waals surface area contributed by atoms with Crippen LogP contribution in [0.3, 0.4) is 0 Å². The Labute approximate surface area is 586 Å². The lowest BCUT2D eigenvalue weighted by Crippen LogP contribution is -2.32. The molecule has 0 spiro atoms. The van der Waals surface area contributed by atoms with Crippen molar-refractivity contribution in [1.82, 2.24) is 110 Å². The van der Waals surface area contributed by atoms with Gasteiger partial charge in [-0.25, -0.2) is 66.9 Å². The Kier molecular flexibility index (Phi) is 11.3. The number of fused-ring (bicyclic) bond motifs is 35. The molecule has 26 rings (SSSR count). The van der Waals surface area contributed by atoms with E-state index in [4.69, 9.17) is 13.5 Å². The predicted molar refractivity (Wildman–Crippen MR) is 373 cm³/mol. The number of pyridine rings is 5. The molecular weight excluding hydrogens is 1320 g/mol. The Morgan fingerprint density at radius 2 is 0.757 bits per heavy atom. The monoisotopic (exact) mass is 1370 g/mol. The second-order valence-corrected chi connectivity index (χ2v) is 26.0. The number of nitrogens with zero attached hydrogens (tertiary/aromatic N) is 28. The fraction of sp³-hybridized carbons (Fsp3) is 0.0959. The normalized spacial score (nSPS) is 13.5. The van der Waals surface area contributed by atoms with Gasteiger partial charge in [0.05, 0.1) is 56.4 Å². The maximum Gasteiger partial charge on any atom is 0.356 e. The summed E-state index contributed by atoms with van der Waals surface area (Å²) in [5, 5.41) is 1.19. The molecule has 0 N–H and O–H groups in total. The number of aryl methyl sites for hydroxylation is 2. The van der Waals surface area contributed by atoms with Crippen molar-refractivity contribution in [1.29, 1.82) is 0 Å². The van der Waals surface area contributed by atoms with E-state index in [1.54, 1.807) is 60.8 Å². The summed E-state index contributed by atoms with van der Waals surface area (Å²) < 4.78 is 56.0. The molecule has 1 aromatic carbocycles. The summed E-state index contributed by atoms with van der Waals surface area (Å²) in [5.74, 6) is 6.83. The summed E-state index contributed by atoms with van der Waals surface area (Å²) in [6.07, 6.45) is 27.5. The van der Waals surface area contributed by atoms with Crippen molar-refractivity contribution in [2.75, 3.05) is 0 Å². The molecule has 490 valence electrons. The highest BCUT2D eigenvalue weighted by Crippen LogP contribution is 2.37. The Bertz CT molecular complexity index is 7090. The third kappa shape index (κ3) is 8.27. The van der Waals surface area contributed by atoms with Gasteiger partial charge < -0.3 is 4.42 Å². The van der Waals surface area contributed by atoms with Gasteiger partial charge in [0.25, 0.3) is 68.7 Å². The van der Waals surface area contributed by atoms with E-state index < -0.39 is 6.98 Å². The Balaban J connectivity index is 0.0000000830. The molecule has 0 aliphatic carbocycles. The zero-order valence-electron chi connectivity index (χ0n) is 57.1. The van der Waals surface area contributed by atoms with Gasteiger partial charge in [0.2, 0.25) is 9.84 Å². The van der Waals surface area contributed by atoms with Crippen LogP contribution < -0.4 is 22.8 Å². The van der Waals surface area contributed by atoms with Crippen LogP contribution in [0.2, 0.25) is 0 Å². The first-order valence-corrected chi connectivity index (χ1v) is 33.8. The van der Waals surface area contributed by atoms with Gasteiger partial charge in [-0.15, -0.1) is 4.98 Å². The molecule has 5 aliphatic heterocycles. The second-order valence-electron chi connectivity index (χ2n) is 25.0. The lowest BCUT2D eigenvalue weighted by atomic mass is 10.2. The fourth-order valence-electron chi connectivity index (χ4n) is 15.1. The third-order valence-corrected chi connectivity index (χ3v) is 20.4. The highest BCUT2D eigenvalue weighted by atomic mass is 32.1. The molecule has 0 fully saturated rings. The van der Waals surface area contributed by atoms with Crippen molar-refractivity contribution >= 4 is 95.9 Å². The third-order valence-electron chi connectivity index (χ3n) is 19.3. The average molecular weight is 1370 g/mol. The first kappa shape index (κ1) is 53.8. The van der Waals surface area contributed by atoms with E-state index in [2.05, 4.69) is 134 Å². The van der Waals surface area contributed by atoms with Crippen LogP contribution in [0, 0.1) is 0 Å². The molecule has 0 atom stereocenters. The second kappa shape index (κ2) is 21.7. The first-order valence-electron chi connectivity index (χ1n) is 34.5. The van der Waals surface area contributed by atoms with Crippen LogP contribution >= 0.6 is 11.3 Å². The zero-order valence-corrected chi connectivity index (χ0v) is 54.9. The molecular formula is C73H51N28OS+5. The van der Waals surface area contributed by atoms with Gasteiger partial charge >= 0.3 is 34.5 Å². The first-order chi connectivity index (χ1) is 52.1. The number of rotatable bonds is 1. The number of hydrogen-bond donors (Lipinski definition) is 0. The molecule has 103 heavy (non-hydrogen) atoms. The van der Waals surface area contributed by atoms with Crippen molar-refractivity contribution in [3.05, 3.63) is 242 Å². The van der Waals surface area contributed by atoms with Gasteiger partial charge in [-0.05, 0) is 72.8 Å². The van der Waals surface area contributed by atoms with Crippen LogP contribution in [0.15, 0.2) is 219 Å². The average Bonchev–Trinajstić information content (AvgIpc) is 1.56. The number of hydrogen-bond acceptors (Lipinski definition) is 17. The molecule has 0 saturated carbocycles. The maximum atomic E-state index is 7.94. The minimum Gasteiger partial charge on any atom is -0.394 e. The van der Waals surface area contributed by atoms with E-state index in [1.165, 1.54) is 31.8 Å². The molecule has 25 heterocycles. The lowest BCUT2D eigenvalue weighted by molar-refractivity contribution is -0.651. The van der Waals surface area contributed by atoms with Crippen LogP contribution in [-0.2, 0) is 46.7 Å². The van der Waals surface area contributed by atoms with Gasteiger partial charge in [0, 0.05) is 89.8 Å². The zero-order chi connectivity index (χ0) is 70.2. The highest BCUT2D eigenvalue weighted by molar-refractivity contribution is 7.20. The standard InChI is InChI=1S/C19H13N6.2C14H11N6.C13H8N5O.C13H8N5S/c1-2-7-14(8-3-1)25-16-18(23-11-5-10-21-19(23)22-16)24-12-13-6-4-9-20-15(13)17(24)25;2*1-18-11-13(19-7-3-6-16-14(19)17-11)20-8-9-4-2-5-15-10(9)12(18)20;2*1-3-8-7-18-11-10(19-12(18)9(8)14-4-1)16-13-15-5-2-6-17(11)13/h1-11H,12H2;2*2-7H,8H2,1H3;2*1-6H,7H2/q5*+1/i;1D3;;;. The summed E-state index contributed by atoms with van der Waals surface area (Å²) in [6, 6.07) is 40.0. The van der Waals surface area contributed by atoms with E-state index in [0.29, 0.717) is 46.8 Å². The van der Waals surface area contributed by atoms with Crippen LogP contribution in [0.25, 0.3) is 147 Å². The maximum absolute atomic E-state index is 7.94. The van der Waals surface area contributed by atoms with Crippen LogP contribution in [0.4, 0.5) is 0 Å². The Morgan fingerprint density at radius 3 is 1.31 bits per heavy atom. The Hall–Kier alpha value is -14.2. The van der Waals surface area contributed by atoms with Gasteiger partial charge in [-0.3, -0.25) is 4.98 Å². The van der Waals surface area contributed by atoms with Crippen LogP contribution in [0.1, 0.15) is 31.9 Å². The van der Waals surface area contributed by atoms with Gasteiger partial charge in [0.1, 0.15) is 53.9 Å².